The van der Waals surface area contributed by atoms with E-state index in [9.17, 15) is 5.11 Å². The maximum atomic E-state index is 11.2. The minimum Gasteiger partial charge on any atom is -0.383 e. The quantitative estimate of drug-likeness (QED) is 0.331. The van der Waals surface area contributed by atoms with Gasteiger partial charge >= 0.3 is 0 Å². The molecule has 1 fully saturated rings. The van der Waals surface area contributed by atoms with Crippen molar-refractivity contribution in [2.45, 2.75) is 41.6 Å². The average molecular weight is 480 g/mol. The van der Waals surface area contributed by atoms with Crippen LogP contribution in [0.25, 0.3) is 0 Å². The Bertz CT molecular complexity index is 709. The third-order valence-corrected chi connectivity index (χ3v) is 6.03. The van der Waals surface area contributed by atoms with Crippen LogP contribution in [-0.2, 0) is 27.4 Å². The predicted molar refractivity (Wildman–Crippen MR) is 114 cm³/mol. The fraction of sp³-hybridized carbons (Fsp3) is 0.364. The maximum Gasteiger partial charge on any atom is 0.140 e. The van der Waals surface area contributed by atoms with Crippen molar-refractivity contribution >= 4 is 22.6 Å². The highest BCUT2D eigenvalue weighted by Crippen LogP contribution is 2.40. The molecule has 0 unspecified atom stereocenters. The predicted octanol–water partition coefficient (Wildman–Crippen LogP) is 4.26. The van der Waals surface area contributed by atoms with Crippen LogP contribution in [0, 0.1) is 0 Å². The van der Waals surface area contributed by atoms with Crippen LogP contribution in [0.3, 0.4) is 0 Å². The van der Waals surface area contributed by atoms with E-state index >= 15 is 0 Å². The number of hydrogen-bond donors (Lipinski definition) is 1. The Morgan fingerprint density at radius 2 is 1.63 bits per heavy atom. The standard InChI is InChI=1S/C22H25IO4/c1-2-13-22(24)20(26-15-18-11-7-4-8-12-18)19(27-21(22)23)16-25-14-17-9-5-3-6-10-17/h2-12,19-21,24H,1,13-16H2/t19-,20-,21+,22-/m1/s1. The molecule has 0 aromatic heterocycles. The molecule has 0 saturated carbocycles. The Kier molecular flexibility index (Phi) is 7.43. The summed E-state index contributed by atoms with van der Waals surface area (Å²) >= 11 is 2.13. The Morgan fingerprint density at radius 3 is 2.22 bits per heavy atom. The molecule has 4 atom stereocenters. The fourth-order valence-electron chi connectivity index (χ4n) is 3.24. The van der Waals surface area contributed by atoms with Crippen molar-refractivity contribution in [3.8, 4) is 0 Å². The topological polar surface area (TPSA) is 47.9 Å². The summed E-state index contributed by atoms with van der Waals surface area (Å²) in [5, 5.41) is 11.2. The van der Waals surface area contributed by atoms with Crippen LogP contribution in [0.2, 0.25) is 0 Å². The normalized spacial score (nSPS) is 27.6. The summed E-state index contributed by atoms with van der Waals surface area (Å²) in [5.74, 6) is 0. The second kappa shape index (κ2) is 9.80. The summed E-state index contributed by atoms with van der Waals surface area (Å²) in [6.45, 7) is 5.04. The van der Waals surface area contributed by atoms with Gasteiger partial charge in [-0.05, 0) is 40.1 Å². The molecule has 4 nitrogen and oxygen atoms in total. The van der Waals surface area contributed by atoms with Crippen molar-refractivity contribution < 1.29 is 19.3 Å². The zero-order valence-corrected chi connectivity index (χ0v) is 17.3. The molecule has 0 aliphatic carbocycles. The molecule has 144 valence electrons. The van der Waals surface area contributed by atoms with Crippen LogP contribution in [0.4, 0.5) is 0 Å². The van der Waals surface area contributed by atoms with Gasteiger partial charge < -0.3 is 19.3 Å². The van der Waals surface area contributed by atoms with E-state index in [2.05, 4.69) is 29.2 Å². The second-order valence-corrected chi connectivity index (χ2v) is 7.82. The first-order valence-electron chi connectivity index (χ1n) is 9.03. The lowest BCUT2D eigenvalue weighted by Crippen LogP contribution is -2.48. The van der Waals surface area contributed by atoms with Gasteiger partial charge in [0.1, 0.15) is 21.9 Å². The zero-order chi connectivity index (χ0) is 19.1. The molecular formula is C22H25IO4. The molecule has 0 radical (unpaired) electrons. The summed E-state index contributed by atoms with van der Waals surface area (Å²) in [5.41, 5.74) is 1.03. The summed E-state index contributed by atoms with van der Waals surface area (Å²) in [6.07, 6.45) is 1.27. The molecule has 27 heavy (non-hydrogen) atoms. The van der Waals surface area contributed by atoms with Gasteiger partial charge in [-0.15, -0.1) is 6.58 Å². The second-order valence-electron chi connectivity index (χ2n) is 6.69. The van der Waals surface area contributed by atoms with Crippen LogP contribution in [0.5, 0.6) is 0 Å². The summed E-state index contributed by atoms with van der Waals surface area (Å²) in [6, 6.07) is 19.9. The highest BCUT2D eigenvalue weighted by molar-refractivity contribution is 14.1. The van der Waals surface area contributed by atoms with Gasteiger partial charge in [-0.2, -0.15) is 0 Å². The third-order valence-electron chi connectivity index (χ3n) is 4.66. The monoisotopic (exact) mass is 480 g/mol. The van der Waals surface area contributed by atoms with Crippen molar-refractivity contribution in [1.29, 1.82) is 0 Å². The van der Waals surface area contributed by atoms with Crippen LogP contribution in [0.15, 0.2) is 73.3 Å². The van der Waals surface area contributed by atoms with Crippen molar-refractivity contribution in [3.63, 3.8) is 0 Å². The minimum absolute atomic E-state index is 0.343. The molecular weight excluding hydrogens is 455 g/mol. The fourth-order valence-corrected chi connectivity index (χ4v) is 4.23. The molecule has 1 aliphatic rings. The number of ether oxygens (including phenoxy) is 3. The molecule has 2 aromatic rings. The Hall–Kier alpha value is -1.25. The van der Waals surface area contributed by atoms with Gasteiger partial charge in [0.15, 0.2) is 0 Å². The van der Waals surface area contributed by atoms with Crippen LogP contribution < -0.4 is 0 Å². The van der Waals surface area contributed by atoms with Crippen LogP contribution in [0.1, 0.15) is 17.5 Å². The summed E-state index contributed by atoms with van der Waals surface area (Å²) < 4.78 is 17.6. The molecule has 0 bridgehead atoms. The number of hydrogen-bond acceptors (Lipinski definition) is 4. The molecule has 0 amide bonds. The average Bonchev–Trinajstić information content (AvgIpc) is 2.92. The molecule has 5 heteroatoms. The molecule has 1 heterocycles. The highest BCUT2D eigenvalue weighted by atomic mass is 127. The number of alkyl halides is 1. The van der Waals surface area contributed by atoms with Crippen molar-refractivity contribution in [3.05, 3.63) is 84.4 Å². The lowest BCUT2D eigenvalue weighted by atomic mass is 9.92. The van der Waals surface area contributed by atoms with Gasteiger partial charge in [0.25, 0.3) is 0 Å². The van der Waals surface area contributed by atoms with E-state index in [1.807, 2.05) is 60.7 Å². The lowest BCUT2D eigenvalue weighted by molar-refractivity contribution is -0.107. The Balaban J connectivity index is 1.65. The number of halogens is 1. The van der Waals surface area contributed by atoms with E-state index < -0.39 is 11.7 Å². The van der Waals surface area contributed by atoms with Crippen LogP contribution in [-0.4, -0.2) is 33.6 Å². The van der Waals surface area contributed by atoms with Gasteiger partial charge in [-0.25, -0.2) is 0 Å². The van der Waals surface area contributed by atoms with E-state index in [1.165, 1.54) is 0 Å². The van der Waals surface area contributed by atoms with E-state index in [0.29, 0.717) is 26.2 Å². The van der Waals surface area contributed by atoms with Crippen molar-refractivity contribution in [1.82, 2.24) is 0 Å². The molecule has 1 aliphatic heterocycles. The van der Waals surface area contributed by atoms with E-state index in [-0.39, 0.29) is 10.2 Å². The highest BCUT2D eigenvalue weighted by Gasteiger charge is 2.54. The number of rotatable bonds is 9. The molecule has 0 spiro atoms. The van der Waals surface area contributed by atoms with Crippen LogP contribution >= 0.6 is 22.6 Å². The third kappa shape index (κ3) is 5.18. The smallest absolute Gasteiger partial charge is 0.140 e. The van der Waals surface area contributed by atoms with E-state index in [4.69, 9.17) is 14.2 Å². The number of aliphatic hydroxyl groups is 1. The largest absolute Gasteiger partial charge is 0.383 e. The SMILES string of the molecule is C=CC[C@@]1(O)[C@H](OCc2ccccc2)[C@@H](COCc2ccccc2)O[C@@H]1I. The maximum absolute atomic E-state index is 11.2. The first-order valence-corrected chi connectivity index (χ1v) is 10.3. The Morgan fingerprint density at radius 1 is 1.04 bits per heavy atom. The molecule has 1 saturated heterocycles. The number of benzene rings is 2. The van der Waals surface area contributed by atoms with Gasteiger partial charge in [0, 0.05) is 0 Å². The van der Waals surface area contributed by atoms with Gasteiger partial charge in [-0.3, -0.25) is 0 Å². The van der Waals surface area contributed by atoms with Gasteiger partial charge in [0.2, 0.25) is 0 Å². The summed E-state index contributed by atoms with van der Waals surface area (Å²) in [7, 11) is 0. The first kappa shape index (κ1) is 20.5. The Labute approximate surface area is 174 Å². The van der Waals surface area contributed by atoms with Gasteiger partial charge in [-0.1, -0.05) is 66.7 Å². The molecule has 3 rings (SSSR count). The molecule has 1 N–H and O–H groups in total. The van der Waals surface area contributed by atoms with E-state index in [0.717, 1.165) is 11.1 Å². The zero-order valence-electron chi connectivity index (χ0n) is 15.2. The van der Waals surface area contributed by atoms with Crippen molar-refractivity contribution in [2.24, 2.45) is 0 Å². The van der Waals surface area contributed by atoms with Gasteiger partial charge in [0.05, 0.1) is 19.8 Å². The van der Waals surface area contributed by atoms with E-state index in [1.54, 1.807) is 6.08 Å². The first-order chi connectivity index (χ1) is 13.1. The van der Waals surface area contributed by atoms with Crippen molar-refractivity contribution in [2.75, 3.05) is 6.61 Å². The lowest BCUT2D eigenvalue weighted by Gasteiger charge is -2.31. The molecule has 2 aromatic carbocycles. The minimum atomic E-state index is -1.13. The summed E-state index contributed by atoms with van der Waals surface area (Å²) in [4.78, 5) is 0.